The minimum Gasteiger partial charge on any atom is -0.484 e. The zero-order chi connectivity index (χ0) is 24.4. The van der Waals surface area contributed by atoms with Crippen LogP contribution in [0.5, 0.6) is 5.75 Å². The van der Waals surface area contributed by atoms with Gasteiger partial charge in [-0.3, -0.25) is 23.3 Å². The highest BCUT2D eigenvalue weighted by molar-refractivity contribution is 7.99. The zero-order valence-corrected chi connectivity index (χ0v) is 20.4. The van der Waals surface area contributed by atoms with Gasteiger partial charge in [0.1, 0.15) is 23.7 Å². The van der Waals surface area contributed by atoms with E-state index in [0.717, 1.165) is 17.4 Å². The van der Waals surface area contributed by atoms with Crippen molar-refractivity contribution in [2.75, 3.05) is 11.5 Å². The van der Waals surface area contributed by atoms with Crippen molar-refractivity contribution in [1.82, 2.24) is 23.9 Å². The van der Waals surface area contributed by atoms with E-state index in [1.807, 2.05) is 23.6 Å². The van der Waals surface area contributed by atoms with E-state index >= 15 is 0 Å². The molecule has 2 heterocycles. The first-order valence-electron chi connectivity index (χ1n) is 10.9. The molecule has 0 bridgehead atoms. The van der Waals surface area contributed by atoms with Crippen LogP contribution in [0.15, 0.2) is 39.0 Å². The molecule has 1 aliphatic rings. The molecule has 0 spiro atoms. The first-order valence-corrected chi connectivity index (χ1v) is 12.3. The highest BCUT2D eigenvalue weighted by Gasteiger charge is 2.30. The third kappa shape index (κ3) is 4.76. The Morgan fingerprint density at radius 1 is 1.26 bits per heavy atom. The number of ketones is 1. The lowest BCUT2D eigenvalue weighted by molar-refractivity contribution is 0.102. The quantitative estimate of drug-likeness (QED) is 0.330. The number of carbonyl (C=O) groups excluding carboxylic acids is 1. The Labute approximate surface area is 204 Å². The highest BCUT2D eigenvalue weighted by Crippen LogP contribution is 2.39. The molecule has 0 amide bonds. The maximum atomic E-state index is 13.0. The molecule has 1 fully saturated rings. The molecule has 1 aliphatic carbocycles. The number of hydrogen-bond acceptors (Lipinski definition) is 8. The van der Waals surface area contributed by atoms with Gasteiger partial charge in [0.25, 0.3) is 5.56 Å². The number of hydrogen-bond donors (Lipinski definition) is 1. The molecule has 34 heavy (non-hydrogen) atoms. The number of ether oxygens (including phenoxy) is 1. The van der Waals surface area contributed by atoms with Crippen LogP contribution in [0.3, 0.4) is 0 Å². The van der Waals surface area contributed by atoms with Crippen molar-refractivity contribution < 1.29 is 9.53 Å². The average molecular weight is 505 g/mol. The van der Waals surface area contributed by atoms with Gasteiger partial charge in [-0.1, -0.05) is 42.4 Å². The fourth-order valence-electron chi connectivity index (χ4n) is 3.60. The number of aromatic nitrogens is 5. The van der Waals surface area contributed by atoms with E-state index in [9.17, 15) is 14.4 Å². The molecule has 12 heteroatoms. The van der Waals surface area contributed by atoms with E-state index in [0.29, 0.717) is 34.7 Å². The number of benzene rings is 1. The second-order valence-electron chi connectivity index (χ2n) is 7.99. The number of nitrogen functional groups attached to an aromatic ring is 1. The lowest BCUT2D eigenvalue weighted by Crippen LogP contribution is -2.42. The summed E-state index contributed by atoms with van der Waals surface area (Å²) in [6.07, 6.45) is 2.59. The maximum Gasteiger partial charge on any atom is 0.332 e. The highest BCUT2D eigenvalue weighted by atomic mass is 35.5. The molecule has 0 aliphatic heterocycles. The summed E-state index contributed by atoms with van der Waals surface area (Å²) in [6.45, 7) is 2.38. The van der Waals surface area contributed by atoms with Gasteiger partial charge < -0.3 is 10.5 Å². The van der Waals surface area contributed by atoms with Crippen LogP contribution < -0.4 is 21.7 Å². The Morgan fingerprint density at radius 3 is 2.68 bits per heavy atom. The molecule has 2 aromatic heterocycles. The Morgan fingerprint density at radius 2 is 2.00 bits per heavy atom. The number of thioether (sulfide) groups is 1. The van der Waals surface area contributed by atoms with Gasteiger partial charge >= 0.3 is 5.69 Å². The monoisotopic (exact) mass is 504 g/mol. The third-order valence-corrected chi connectivity index (χ3v) is 6.74. The Bertz CT molecular complexity index is 1340. The lowest BCUT2D eigenvalue weighted by Gasteiger charge is -2.14. The molecule has 0 unspecified atom stereocenters. The van der Waals surface area contributed by atoms with Crippen molar-refractivity contribution in [3.8, 4) is 5.75 Å². The molecule has 4 rings (SSSR count). The fourth-order valence-corrected chi connectivity index (χ4v) is 4.68. The topological polar surface area (TPSA) is 127 Å². The number of nitrogens with two attached hydrogens (primary N) is 1. The van der Waals surface area contributed by atoms with Crippen LogP contribution in [0.25, 0.3) is 0 Å². The van der Waals surface area contributed by atoms with Crippen LogP contribution in [-0.4, -0.2) is 35.4 Å². The Kier molecular flexibility index (Phi) is 7.13. The minimum atomic E-state index is -0.696. The maximum absolute atomic E-state index is 13.0. The summed E-state index contributed by atoms with van der Waals surface area (Å²) >= 11 is 7.34. The summed E-state index contributed by atoms with van der Waals surface area (Å²) in [7, 11) is 1.34. The SMILES string of the molecule is CCCn1c(N)c(C(=O)CSc2nnc(COc3ccccc3Cl)n2C2CC2)c(=O)n(C)c1=O. The van der Waals surface area contributed by atoms with E-state index in [4.69, 9.17) is 22.1 Å². The van der Waals surface area contributed by atoms with Gasteiger partial charge in [0.05, 0.1) is 10.8 Å². The molecule has 180 valence electrons. The summed E-state index contributed by atoms with van der Waals surface area (Å²) in [4.78, 5) is 38.0. The fraction of sp³-hybridized carbons (Fsp3) is 0.409. The van der Waals surface area contributed by atoms with E-state index < -0.39 is 17.0 Å². The van der Waals surface area contributed by atoms with Gasteiger partial charge in [-0.25, -0.2) is 4.79 Å². The van der Waals surface area contributed by atoms with Crippen LogP contribution in [0.1, 0.15) is 48.4 Å². The molecule has 3 aromatic rings. The molecule has 10 nitrogen and oxygen atoms in total. The van der Waals surface area contributed by atoms with Crippen molar-refractivity contribution in [3.63, 3.8) is 0 Å². The van der Waals surface area contributed by atoms with Crippen molar-refractivity contribution in [1.29, 1.82) is 0 Å². The number of anilines is 1. The first kappa shape index (κ1) is 24.1. The standard InChI is InChI=1S/C22H25ClN6O4S/c1-3-10-28-19(24)18(20(31)27(2)22(28)32)15(30)12-34-21-26-25-17(29(21)13-8-9-13)11-33-16-7-5-4-6-14(16)23/h4-7,13H,3,8-12,24H2,1-2H3. The second kappa shape index (κ2) is 10.1. The van der Waals surface area contributed by atoms with Crippen molar-refractivity contribution >= 4 is 35.0 Å². The first-order chi connectivity index (χ1) is 16.3. The number of nitrogens with zero attached hydrogens (tertiary/aromatic N) is 5. The van der Waals surface area contributed by atoms with Crippen molar-refractivity contribution in [3.05, 3.63) is 61.5 Å². The van der Waals surface area contributed by atoms with Gasteiger partial charge in [0.2, 0.25) is 0 Å². The lowest BCUT2D eigenvalue weighted by atomic mass is 10.2. The molecule has 1 aromatic carbocycles. The van der Waals surface area contributed by atoms with Gasteiger partial charge in [-0.15, -0.1) is 10.2 Å². The zero-order valence-electron chi connectivity index (χ0n) is 18.9. The third-order valence-electron chi connectivity index (χ3n) is 5.48. The van der Waals surface area contributed by atoms with Crippen LogP contribution in [0.4, 0.5) is 5.82 Å². The second-order valence-corrected chi connectivity index (χ2v) is 9.34. The molecule has 0 radical (unpaired) electrons. The molecule has 0 atom stereocenters. The van der Waals surface area contributed by atoms with E-state index in [1.54, 1.807) is 12.1 Å². The van der Waals surface area contributed by atoms with Gasteiger partial charge in [0.15, 0.2) is 16.8 Å². The summed E-state index contributed by atoms with van der Waals surface area (Å²) in [5, 5.41) is 9.56. The summed E-state index contributed by atoms with van der Waals surface area (Å²) in [5.74, 6) is 0.543. The summed E-state index contributed by atoms with van der Waals surface area (Å²) in [6, 6.07) is 7.41. The van der Waals surface area contributed by atoms with Crippen molar-refractivity contribution in [2.24, 2.45) is 7.05 Å². The molecule has 1 saturated carbocycles. The number of Topliss-reactive ketones (excluding diaryl/α,β-unsaturated/α-hetero) is 1. The Hall–Kier alpha value is -3.05. The van der Waals surface area contributed by atoms with Gasteiger partial charge in [0, 0.05) is 19.6 Å². The molecular weight excluding hydrogens is 480 g/mol. The molecular formula is C22H25ClN6O4S. The van der Waals surface area contributed by atoms with Crippen LogP contribution in [0, 0.1) is 0 Å². The predicted octanol–water partition coefficient (Wildman–Crippen LogP) is 2.67. The number of para-hydroxylation sites is 1. The van der Waals surface area contributed by atoms with Crippen LogP contribution >= 0.6 is 23.4 Å². The van der Waals surface area contributed by atoms with E-state index in [-0.39, 0.29) is 29.8 Å². The Balaban J connectivity index is 1.53. The van der Waals surface area contributed by atoms with Crippen LogP contribution in [0.2, 0.25) is 5.02 Å². The molecule has 0 saturated heterocycles. The largest absolute Gasteiger partial charge is 0.484 e. The predicted molar refractivity (Wildman–Crippen MR) is 130 cm³/mol. The van der Waals surface area contributed by atoms with Crippen LogP contribution in [-0.2, 0) is 20.2 Å². The van der Waals surface area contributed by atoms with E-state index in [1.165, 1.54) is 23.4 Å². The van der Waals surface area contributed by atoms with E-state index in [2.05, 4.69) is 10.2 Å². The smallest absolute Gasteiger partial charge is 0.332 e. The summed E-state index contributed by atoms with van der Waals surface area (Å²) in [5.41, 5.74) is 4.66. The molecule has 2 N–H and O–H groups in total. The number of halogens is 1. The normalized spacial score (nSPS) is 13.3. The average Bonchev–Trinajstić information content (AvgIpc) is 3.58. The van der Waals surface area contributed by atoms with Gasteiger partial charge in [-0.05, 0) is 31.4 Å². The minimum absolute atomic E-state index is 0.0695. The number of rotatable bonds is 10. The van der Waals surface area contributed by atoms with Gasteiger partial charge in [-0.2, -0.15) is 0 Å². The number of carbonyl (C=O) groups is 1. The van der Waals surface area contributed by atoms with Crippen molar-refractivity contribution in [2.45, 2.75) is 50.5 Å². The summed E-state index contributed by atoms with van der Waals surface area (Å²) < 4.78 is 9.96.